The molecule has 5 nitrogen and oxygen atoms in total. The topological polar surface area (TPSA) is 66.5 Å². The number of aromatic amines is 1. The Balaban J connectivity index is 1.80. The molecule has 4 rings (SSSR count). The van der Waals surface area contributed by atoms with Gasteiger partial charge in [-0.1, -0.05) is 0 Å². The summed E-state index contributed by atoms with van der Waals surface area (Å²) in [6, 6.07) is 6.98. The van der Waals surface area contributed by atoms with E-state index in [1.165, 1.54) is 6.07 Å². The highest BCUT2D eigenvalue weighted by Gasteiger charge is 2.20. The third kappa shape index (κ3) is 2.25. The van der Waals surface area contributed by atoms with E-state index in [9.17, 15) is 4.39 Å². The van der Waals surface area contributed by atoms with Crippen molar-refractivity contribution in [2.45, 2.75) is 18.8 Å². The lowest BCUT2D eigenvalue weighted by Gasteiger charge is -2.22. The van der Waals surface area contributed by atoms with Crippen LogP contribution in [0.25, 0.3) is 22.4 Å². The van der Waals surface area contributed by atoms with Crippen LogP contribution in [-0.4, -0.2) is 33.3 Å². The van der Waals surface area contributed by atoms with Gasteiger partial charge in [0, 0.05) is 23.2 Å². The summed E-state index contributed by atoms with van der Waals surface area (Å²) in [5.41, 5.74) is 2.41. The molecule has 0 aliphatic carbocycles. The predicted octanol–water partition coefficient (Wildman–Crippen LogP) is 2.63. The van der Waals surface area contributed by atoms with Gasteiger partial charge in [0.1, 0.15) is 11.4 Å². The molecule has 4 heterocycles. The second-order valence-corrected chi connectivity index (χ2v) is 5.56. The smallest absolute Gasteiger partial charge is 0.155 e. The average molecular weight is 297 g/mol. The van der Waals surface area contributed by atoms with Gasteiger partial charge in [-0.15, -0.1) is 0 Å². The minimum absolute atomic E-state index is 0.301. The van der Waals surface area contributed by atoms with Crippen molar-refractivity contribution >= 4 is 11.0 Å². The van der Waals surface area contributed by atoms with Crippen molar-refractivity contribution in [3.8, 4) is 11.4 Å². The van der Waals surface area contributed by atoms with Crippen molar-refractivity contribution < 1.29 is 4.39 Å². The highest BCUT2D eigenvalue weighted by Crippen LogP contribution is 2.29. The normalized spacial score (nSPS) is 16.2. The van der Waals surface area contributed by atoms with Gasteiger partial charge in [-0.3, -0.25) is 5.10 Å². The molecular formula is C16H16FN5. The van der Waals surface area contributed by atoms with Gasteiger partial charge in [0.2, 0.25) is 0 Å². The van der Waals surface area contributed by atoms with Gasteiger partial charge in [0.25, 0.3) is 0 Å². The first-order chi connectivity index (χ1) is 10.8. The maximum atomic E-state index is 14.3. The second kappa shape index (κ2) is 5.46. The Kier molecular flexibility index (Phi) is 3.31. The minimum Gasteiger partial charge on any atom is -0.317 e. The van der Waals surface area contributed by atoms with Crippen molar-refractivity contribution in [1.29, 1.82) is 0 Å². The Morgan fingerprint density at radius 3 is 2.82 bits per heavy atom. The summed E-state index contributed by atoms with van der Waals surface area (Å²) in [4.78, 5) is 8.77. The van der Waals surface area contributed by atoms with Crippen LogP contribution >= 0.6 is 0 Å². The number of pyridine rings is 2. The lowest BCUT2D eigenvalue weighted by molar-refractivity contribution is 0.452. The van der Waals surface area contributed by atoms with E-state index in [4.69, 9.17) is 0 Å². The van der Waals surface area contributed by atoms with Crippen LogP contribution in [-0.2, 0) is 0 Å². The zero-order chi connectivity index (χ0) is 14.9. The number of rotatable bonds is 2. The first-order valence-electron chi connectivity index (χ1n) is 7.49. The minimum atomic E-state index is -0.352. The molecule has 0 amide bonds. The number of aromatic nitrogens is 4. The molecule has 112 valence electrons. The Morgan fingerprint density at radius 2 is 1.95 bits per heavy atom. The molecule has 6 heteroatoms. The molecular weight excluding hydrogens is 281 g/mol. The van der Waals surface area contributed by atoms with E-state index in [-0.39, 0.29) is 5.82 Å². The largest absolute Gasteiger partial charge is 0.317 e. The molecule has 0 spiro atoms. The lowest BCUT2D eigenvalue weighted by atomic mass is 9.94. The van der Waals surface area contributed by atoms with Gasteiger partial charge in [0.15, 0.2) is 11.5 Å². The molecule has 1 aliphatic heterocycles. The summed E-state index contributed by atoms with van der Waals surface area (Å²) in [5, 5.41) is 11.2. The van der Waals surface area contributed by atoms with E-state index in [2.05, 4.69) is 25.5 Å². The van der Waals surface area contributed by atoms with E-state index < -0.39 is 0 Å². The number of piperidine rings is 1. The molecule has 22 heavy (non-hydrogen) atoms. The van der Waals surface area contributed by atoms with E-state index in [1.54, 1.807) is 12.3 Å². The molecule has 1 aliphatic rings. The number of hydrogen-bond donors (Lipinski definition) is 2. The third-order valence-corrected chi connectivity index (χ3v) is 4.19. The predicted molar refractivity (Wildman–Crippen MR) is 81.9 cm³/mol. The molecule has 2 N–H and O–H groups in total. The average Bonchev–Trinajstić information content (AvgIpc) is 3.00. The number of nitrogens with one attached hydrogen (secondary N) is 2. The summed E-state index contributed by atoms with van der Waals surface area (Å²) in [5.74, 6) is 0.0267. The highest BCUT2D eigenvalue weighted by molar-refractivity contribution is 5.89. The maximum absolute atomic E-state index is 14.3. The molecule has 3 aromatic heterocycles. The van der Waals surface area contributed by atoms with Crippen molar-refractivity contribution in [2.24, 2.45) is 0 Å². The number of halogens is 1. The lowest BCUT2D eigenvalue weighted by Crippen LogP contribution is -2.27. The summed E-state index contributed by atoms with van der Waals surface area (Å²) >= 11 is 0. The second-order valence-electron chi connectivity index (χ2n) is 5.56. The van der Waals surface area contributed by atoms with Crippen molar-refractivity contribution in [3.63, 3.8) is 0 Å². The van der Waals surface area contributed by atoms with Crippen LogP contribution in [0.2, 0.25) is 0 Å². The molecule has 0 atom stereocenters. The molecule has 0 radical (unpaired) electrons. The van der Waals surface area contributed by atoms with Crippen LogP contribution in [0.5, 0.6) is 0 Å². The molecule has 0 unspecified atom stereocenters. The van der Waals surface area contributed by atoms with Crippen LogP contribution < -0.4 is 5.32 Å². The third-order valence-electron chi connectivity index (χ3n) is 4.19. The molecule has 1 fully saturated rings. The first-order valence-corrected chi connectivity index (χ1v) is 7.49. The molecule has 0 saturated carbocycles. The number of nitrogens with zero attached hydrogens (tertiary/aromatic N) is 3. The maximum Gasteiger partial charge on any atom is 0.155 e. The van der Waals surface area contributed by atoms with E-state index in [0.29, 0.717) is 23.0 Å². The molecule has 0 bridgehead atoms. The summed E-state index contributed by atoms with van der Waals surface area (Å²) in [6.45, 7) is 1.96. The number of hydrogen-bond acceptors (Lipinski definition) is 4. The van der Waals surface area contributed by atoms with Crippen LogP contribution in [0, 0.1) is 5.82 Å². The highest BCUT2D eigenvalue weighted by atomic mass is 19.1. The quantitative estimate of drug-likeness (QED) is 0.763. The summed E-state index contributed by atoms with van der Waals surface area (Å²) < 4.78 is 14.3. The standard InChI is InChI=1S/C16H16FN5/c17-12-3-4-13(10-5-8-18-9-6-10)20-15(12)14-11-2-1-7-19-16(11)22-21-14/h1-4,7,10,18H,5-6,8-9H2,(H,19,21,22). The Hall–Kier alpha value is -2.34. The fourth-order valence-electron chi connectivity index (χ4n) is 3.00. The van der Waals surface area contributed by atoms with Gasteiger partial charge >= 0.3 is 0 Å². The zero-order valence-corrected chi connectivity index (χ0v) is 12.0. The van der Waals surface area contributed by atoms with Crippen LogP contribution in [0.15, 0.2) is 30.5 Å². The number of fused-ring (bicyclic) bond motifs is 1. The van der Waals surface area contributed by atoms with Crippen molar-refractivity contribution in [2.75, 3.05) is 13.1 Å². The van der Waals surface area contributed by atoms with Gasteiger partial charge in [-0.05, 0) is 50.2 Å². The van der Waals surface area contributed by atoms with E-state index >= 15 is 0 Å². The van der Waals surface area contributed by atoms with Crippen LogP contribution in [0.4, 0.5) is 4.39 Å². The Bertz CT molecular complexity index is 807. The summed E-state index contributed by atoms with van der Waals surface area (Å²) in [6.07, 6.45) is 3.74. The summed E-state index contributed by atoms with van der Waals surface area (Å²) in [7, 11) is 0. The van der Waals surface area contributed by atoms with Crippen molar-refractivity contribution in [3.05, 3.63) is 42.0 Å². The Morgan fingerprint density at radius 1 is 1.09 bits per heavy atom. The van der Waals surface area contributed by atoms with E-state index in [0.717, 1.165) is 37.0 Å². The van der Waals surface area contributed by atoms with Gasteiger partial charge in [0.05, 0.1) is 0 Å². The Labute approximate surface area is 127 Å². The van der Waals surface area contributed by atoms with Crippen LogP contribution in [0.1, 0.15) is 24.5 Å². The monoisotopic (exact) mass is 297 g/mol. The van der Waals surface area contributed by atoms with Gasteiger partial charge in [-0.2, -0.15) is 5.10 Å². The van der Waals surface area contributed by atoms with Crippen LogP contribution in [0.3, 0.4) is 0 Å². The fraction of sp³-hybridized carbons (Fsp3) is 0.312. The fourth-order valence-corrected chi connectivity index (χ4v) is 3.00. The molecule has 0 aromatic carbocycles. The van der Waals surface area contributed by atoms with Gasteiger partial charge in [-0.25, -0.2) is 14.4 Å². The SMILES string of the molecule is Fc1ccc(C2CCNCC2)nc1-c1n[nH]c2ncccc12. The molecule has 3 aromatic rings. The van der Waals surface area contributed by atoms with Crippen molar-refractivity contribution in [1.82, 2.24) is 25.5 Å². The number of H-pyrrole nitrogens is 1. The van der Waals surface area contributed by atoms with E-state index in [1.807, 2.05) is 12.1 Å². The molecule has 1 saturated heterocycles. The van der Waals surface area contributed by atoms with Gasteiger partial charge < -0.3 is 5.32 Å². The zero-order valence-electron chi connectivity index (χ0n) is 12.0. The first kappa shape index (κ1) is 13.3.